The number of para-hydroxylation sites is 1. The summed E-state index contributed by atoms with van der Waals surface area (Å²) in [7, 11) is 0. The molecule has 0 spiro atoms. The molecular formula is C12H11NO3S. The lowest BCUT2D eigenvalue weighted by Gasteiger charge is -2.05. The van der Waals surface area contributed by atoms with Gasteiger partial charge in [0.05, 0.1) is 10.2 Å². The van der Waals surface area contributed by atoms with E-state index in [9.17, 15) is 9.59 Å². The Balaban J connectivity index is 2.30. The smallest absolute Gasteiger partial charge is 0.334 e. The van der Waals surface area contributed by atoms with Gasteiger partial charge in [0.2, 0.25) is 0 Å². The molecule has 0 saturated carbocycles. The second kappa shape index (κ2) is 4.55. The van der Waals surface area contributed by atoms with Crippen molar-refractivity contribution >= 4 is 27.5 Å². The Kier molecular flexibility index (Phi) is 3.10. The summed E-state index contributed by atoms with van der Waals surface area (Å²) in [5.74, 6) is -0.493. The van der Waals surface area contributed by atoms with Crippen LogP contribution < -0.4 is 4.87 Å². The molecule has 0 aliphatic carbocycles. The molecule has 88 valence electrons. The number of hydrogen-bond donors (Lipinski definition) is 0. The van der Waals surface area contributed by atoms with Gasteiger partial charge in [-0.2, -0.15) is 0 Å². The van der Waals surface area contributed by atoms with Crippen molar-refractivity contribution < 1.29 is 9.53 Å². The van der Waals surface area contributed by atoms with Gasteiger partial charge < -0.3 is 4.74 Å². The fraction of sp³-hybridized carbons (Fsp3) is 0.167. The van der Waals surface area contributed by atoms with Crippen LogP contribution in [0.2, 0.25) is 0 Å². The van der Waals surface area contributed by atoms with Gasteiger partial charge in [-0.05, 0) is 19.1 Å². The third-order valence-corrected chi connectivity index (χ3v) is 3.21. The van der Waals surface area contributed by atoms with Gasteiger partial charge in [-0.15, -0.1) is 0 Å². The molecule has 0 aliphatic heterocycles. The van der Waals surface area contributed by atoms with Gasteiger partial charge >= 0.3 is 10.8 Å². The number of ether oxygens (including phenoxy) is 1. The van der Waals surface area contributed by atoms with Crippen LogP contribution in [0.4, 0.5) is 0 Å². The number of benzene rings is 1. The van der Waals surface area contributed by atoms with Crippen LogP contribution in [0.25, 0.3) is 10.2 Å². The highest BCUT2D eigenvalue weighted by Crippen LogP contribution is 2.16. The van der Waals surface area contributed by atoms with E-state index in [4.69, 9.17) is 4.74 Å². The molecule has 17 heavy (non-hydrogen) atoms. The molecule has 0 bridgehead atoms. The first kappa shape index (κ1) is 11.6. The number of aromatic nitrogens is 1. The van der Waals surface area contributed by atoms with Gasteiger partial charge in [0.25, 0.3) is 0 Å². The fourth-order valence-corrected chi connectivity index (χ4v) is 2.26. The second-order valence-electron chi connectivity index (χ2n) is 3.60. The summed E-state index contributed by atoms with van der Waals surface area (Å²) in [6, 6.07) is 7.38. The Labute approximate surface area is 102 Å². The third-order valence-electron chi connectivity index (χ3n) is 2.25. The summed E-state index contributed by atoms with van der Waals surface area (Å²) >= 11 is 1.13. The largest absolute Gasteiger partial charge is 0.440 e. The summed E-state index contributed by atoms with van der Waals surface area (Å²) in [5, 5.41) is 0. The van der Waals surface area contributed by atoms with E-state index in [1.165, 1.54) is 4.57 Å². The number of carbonyl (C=O) groups is 1. The van der Waals surface area contributed by atoms with Crippen molar-refractivity contribution in [1.29, 1.82) is 0 Å². The van der Waals surface area contributed by atoms with Crippen LogP contribution >= 0.6 is 11.3 Å². The quantitative estimate of drug-likeness (QED) is 0.618. The van der Waals surface area contributed by atoms with Gasteiger partial charge in [-0.1, -0.05) is 30.0 Å². The monoisotopic (exact) mass is 249 g/mol. The molecule has 2 rings (SSSR count). The predicted octanol–water partition coefficient (Wildman–Crippen LogP) is 2.14. The molecule has 0 atom stereocenters. The molecule has 5 heteroatoms. The van der Waals surface area contributed by atoms with E-state index in [0.717, 1.165) is 21.6 Å². The second-order valence-corrected chi connectivity index (χ2v) is 4.60. The van der Waals surface area contributed by atoms with E-state index in [2.05, 4.69) is 6.58 Å². The Morgan fingerprint density at radius 3 is 2.88 bits per heavy atom. The highest BCUT2D eigenvalue weighted by molar-refractivity contribution is 7.16. The van der Waals surface area contributed by atoms with Crippen LogP contribution in [-0.2, 0) is 16.3 Å². The number of carbonyl (C=O) groups excluding carboxylic acids is 1. The lowest BCUT2D eigenvalue weighted by Crippen LogP contribution is -2.17. The van der Waals surface area contributed by atoms with Gasteiger partial charge in [0.1, 0.15) is 0 Å². The van der Waals surface area contributed by atoms with E-state index in [1.807, 2.05) is 24.3 Å². The summed E-state index contributed by atoms with van der Waals surface area (Å²) < 4.78 is 7.28. The van der Waals surface area contributed by atoms with Crippen molar-refractivity contribution in [3.8, 4) is 0 Å². The maximum Gasteiger partial charge on any atom is 0.334 e. The Hall–Kier alpha value is -1.88. The first-order chi connectivity index (χ1) is 8.09. The first-order valence-corrected chi connectivity index (χ1v) is 5.82. The van der Waals surface area contributed by atoms with Crippen molar-refractivity contribution in [3.63, 3.8) is 0 Å². The SMILES string of the molecule is C=C(C)C(=O)OCn1c(=O)sc2ccccc21. The summed E-state index contributed by atoms with van der Waals surface area (Å²) in [6.45, 7) is 4.97. The van der Waals surface area contributed by atoms with E-state index >= 15 is 0 Å². The zero-order chi connectivity index (χ0) is 12.4. The van der Waals surface area contributed by atoms with Crippen molar-refractivity contribution in [1.82, 2.24) is 4.57 Å². The molecule has 4 nitrogen and oxygen atoms in total. The van der Waals surface area contributed by atoms with Crippen LogP contribution in [0.1, 0.15) is 6.92 Å². The molecule has 2 aromatic rings. The molecule has 0 amide bonds. The van der Waals surface area contributed by atoms with E-state index in [0.29, 0.717) is 5.57 Å². The topological polar surface area (TPSA) is 48.3 Å². The summed E-state index contributed by atoms with van der Waals surface area (Å²) in [6.07, 6.45) is 0. The van der Waals surface area contributed by atoms with Crippen LogP contribution in [0.5, 0.6) is 0 Å². The molecule has 0 unspecified atom stereocenters. The molecule has 1 heterocycles. The highest BCUT2D eigenvalue weighted by atomic mass is 32.1. The Morgan fingerprint density at radius 1 is 1.47 bits per heavy atom. The molecule has 0 aliphatic rings. The zero-order valence-corrected chi connectivity index (χ0v) is 10.1. The molecule has 0 radical (unpaired) electrons. The van der Waals surface area contributed by atoms with E-state index < -0.39 is 5.97 Å². The fourth-order valence-electron chi connectivity index (χ4n) is 1.38. The van der Waals surface area contributed by atoms with Gasteiger partial charge in [0.15, 0.2) is 6.73 Å². The van der Waals surface area contributed by atoms with Crippen molar-refractivity contribution in [2.75, 3.05) is 0 Å². The number of esters is 1. The maximum atomic E-state index is 11.7. The molecule has 0 saturated heterocycles. The minimum absolute atomic E-state index is 0.0749. The van der Waals surface area contributed by atoms with Gasteiger partial charge in [-0.3, -0.25) is 9.36 Å². The average Bonchev–Trinajstić information content (AvgIpc) is 2.61. The summed E-state index contributed by atoms with van der Waals surface area (Å²) in [4.78, 5) is 22.8. The normalized spacial score (nSPS) is 10.4. The number of thiazole rings is 1. The lowest BCUT2D eigenvalue weighted by molar-refractivity contribution is -0.142. The predicted molar refractivity (Wildman–Crippen MR) is 67.0 cm³/mol. The zero-order valence-electron chi connectivity index (χ0n) is 9.30. The van der Waals surface area contributed by atoms with Crippen LogP contribution in [0, 0.1) is 0 Å². The Bertz CT molecular complexity index is 638. The molecule has 0 fully saturated rings. The van der Waals surface area contributed by atoms with Crippen LogP contribution in [0.3, 0.4) is 0 Å². The highest BCUT2D eigenvalue weighted by Gasteiger charge is 2.09. The van der Waals surface area contributed by atoms with E-state index in [-0.39, 0.29) is 11.6 Å². The molecular weight excluding hydrogens is 238 g/mol. The number of rotatable bonds is 3. The summed E-state index contributed by atoms with van der Waals surface area (Å²) in [5.41, 5.74) is 1.09. The molecule has 0 N–H and O–H groups in total. The van der Waals surface area contributed by atoms with Crippen LogP contribution in [0.15, 0.2) is 41.2 Å². The van der Waals surface area contributed by atoms with Gasteiger partial charge in [-0.25, -0.2) is 4.79 Å². The van der Waals surface area contributed by atoms with Crippen molar-refractivity contribution in [2.24, 2.45) is 0 Å². The first-order valence-electron chi connectivity index (χ1n) is 5.00. The van der Waals surface area contributed by atoms with Crippen LogP contribution in [-0.4, -0.2) is 10.5 Å². The number of hydrogen-bond acceptors (Lipinski definition) is 4. The number of nitrogens with zero attached hydrogens (tertiary/aromatic N) is 1. The lowest BCUT2D eigenvalue weighted by atomic mass is 10.3. The third kappa shape index (κ3) is 2.29. The average molecular weight is 249 g/mol. The van der Waals surface area contributed by atoms with E-state index in [1.54, 1.807) is 6.92 Å². The molecule has 1 aromatic carbocycles. The minimum Gasteiger partial charge on any atom is -0.440 e. The number of fused-ring (bicyclic) bond motifs is 1. The van der Waals surface area contributed by atoms with Gasteiger partial charge in [0, 0.05) is 5.57 Å². The standard InChI is InChI=1S/C12H11NO3S/c1-8(2)11(14)16-7-13-9-5-3-4-6-10(9)17-12(13)15/h3-6H,1,7H2,2H3. The molecule has 1 aromatic heterocycles. The Morgan fingerprint density at radius 2 is 2.18 bits per heavy atom. The maximum absolute atomic E-state index is 11.7. The van der Waals surface area contributed by atoms with Crippen molar-refractivity contribution in [2.45, 2.75) is 13.7 Å². The minimum atomic E-state index is -0.493. The van der Waals surface area contributed by atoms with Crippen molar-refractivity contribution in [3.05, 3.63) is 46.1 Å².